The molecular weight excluding hydrogens is 293 g/mol. The molecular formula is C15H21BrFN. The van der Waals surface area contributed by atoms with E-state index in [1.807, 2.05) is 12.1 Å². The van der Waals surface area contributed by atoms with E-state index in [9.17, 15) is 4.39 Å². The Morgan fingerprint density at radius 3 is 2.78 bits per heavy atom. The lowest BCUT2D eigenvalue weighted by molar-refractivity contribution is 0.193. The maximum atomic E-state index is 13.2. The largest absolute Gasteiger partial charge is 0.330 e. The fourth-order valence-corrected chi connectivity index (χ4v) is 3.52. The quantitative estimate of drug-likeness (QED) is 0.891. The highest BCUT2D eigenvalue weighted by atomic mass is 79.9. The van der Waals surface area contributed by atoms with Gasteiger partial charge in [0.15, 0.2) is 0 Å². The summed E-state index contributed by atoms with van der Waals surface area (Å²) in [6, 6.07) is 5.35. The van der Waals surface area contributed by atoms with Gasteiger partial charge in [-0.2, -0.15) is 0 Å². The van der Waals surface area contributed by atoms with Gasteiger partial charge >= 0.3 is 0 Å². The number of hydrogen-bond donors (Lipinski definition) is 1. The normalized spacial score (nSPS) is 28.3. The van der Waals surface area contributed by atoms with Gasteiger partial charge in [-0.15, -0.1) is 0 Å². The van der Waals surface area contributed by atoms with Crippen molar-refractivity contribution in [1.29, 1.82) is 0 Å². The molecule has 0 aliphatic heterocycles. The van der Waals surface area contributed by atoms with E-state index in [4.69, 9.17) is 5.73 Å². The minimum Gasteiger partial charge on any atom is -0.330 e. The van der Waals surface area contributed by atoms with Gasteiger partial charge in [0.05, 0.1) is 4.47 Å². The molecule has 1 saturated carbocycles. The summed E-state index contributed by atoms with van der Waals surface area (Å²) < 4.78 is 13.8. The number of nitrogens with two attached hydrogens (primary N) is 1. The van der Waals surface area contributed by atoms with Crippen LogP contribution in [0.15, 0.2) is 22.7 Å². The van der Waals surface area contributed by atoms with Crippen molar-refractivity contribution >= 4 is 15.9 Å². The number of halogens is 2. The predicted octanol–water partition coefficient (Wildman–Crippen LogP) is 4.14. The van der Waals surface area contributed by atoms with E-state index in [0.29, 0.717) is 16.3 Å². The standard InChI is InChI=1S/C15H21BrFN/c1-10-2-4-12(9-18)13(6-10)7-11-3-5-15(17)14(16)8-11/h3,5,8,10,12-13H,2,4,6-7,9,18H2,1H3. The molecule has 0 aromatic heterocycles. The Bertz CT molecular complexity index is 407. The van der Waals surface area contributed by atoms with E-state index in [-0.39, 0.29) is 5.82 Å². The van der Waals surface area contributed by atoms with Crippen LogP contribution >= 0.6 is 15.9 Å². The zero-order valence-corrected chi connectivity index (χ0v) is 12.4. The second kappa shape index (κ2) is 6.16. The molecule has 3 unspecified atom stereocenters. The third kappa shape index (κ3) is 3.33. The summed E-state index contributed by atoms with van der Waals surface area (Å²) in [5.74, 6) is 1.88. The van der Waals surface area contributed by atoms with Crippen LogP contribution in [0.4, 0.5) is 4.39 Å². The van der Waals surface area contributed by atoms with Gasteiger partial charge in [-0.3, -0.25) is 0 Å². The molecule has 2 N–H and O–H groups in total. The van der Waals surface area contributed by atoms with Gasteiger partial charge in [0, 0.05) is 0 Å². The van der Waals surface area contributed by atoms with Gasteiger partial charge in [0.1, 0.15) is 5.82 Å². The van der Waals surface area contributed by atoms with Gasteiger partial charge in [0.25, 0.3) is 0 Å². The van der Waals surface area contributed by atoms with Crippen molar-refractivity contribution in [2.24, 2.45) is 23.5 Å². The van der Waals surface area contributed by atoms with Gasteiger partial charge in [-0.05, 0) is 77.2 Å². The molecule has 1 aliphatic rings. The Balaban J connectivity index is 2.08. The molecule has 0 radical (unpaired) electrons. The summed E-state index contributed by atoms with van der Waals surface area (Å²) in [7, 11) is 0. The van der Waals surface area contributed by atoms with Crippen LogP contribution in [0, 0.1) is 23.6 Å². The monoisotopic (exact) mass is 313 g/mol. The summed E-state index contributed by atoms with van der Waals surface area (Å²) in [6.07, 6.45) is 4.80. The molecule has 0 bridgehead atoms. The Morgan fingerprint density at radius 1 is 1.33 bits per heavy atom. The molecule has 2 rings (SSSR count). The molecule has 0 amide bonds. The third-order valence-electron chi connectivity index (χ3n) is 4.19. The van der Waals surface area contributed by atoms with E-state index < -0.39 is 0 Å². The van der Waals surface area contributed by atoms with E-state index >= 15 is 0 Å². The van der Waals surface area contributed by atoms with Gasteiger partial charge < -0.3 is 5.73 Å². The van der Waals surface area contributed by atoms with Crippen molar-refractivity contribution in [3.8, 4) is 0 Å². The second-order valence-corrected chi connectivity index (χ2v) is 6.48. The molecule has 1 fully saturated rings. The van der Waals surface area contributed by atoms with Crippen molar-refractivity contribution in [1.82, 2.24) is 0 Å². The SMILES string of the molecule is CC1CCC(CN)C(Cc2ccc(F)c(Br)c2)C1. The lowest BCUT2D eigenvalue weighted by Crippen LogP contribution is -2.31. The Labute approximate surface area is 117 Å². The first-order valence-electron chi connectivity index (χ1n) is 6.74. The van der Waals surface area contributed by atoms with E-state index in [1.165, 1.54) is 24.8 Å². The molecule has 1 aromatic carbocycles. The van der Waals surface area contributed by atoms with Crippen molar-refractivity contribution in [2.45, 2.75) is 32.6 Å². The molecule has 1 aliphatic carbocycles. The van der Waals surface area contributed by atoms with Crippen LogP contribution in [-0.4, -0.2) is 6.54 Å². The Morgan fingerprint density at radius 2 is 2.11 bits per heavy atom. The molecule has 100 valence electrons. The molecule has 0 saturated heterocycles. The van der Waals surface area contributed by atoms with Crippen molar-refractivity contribution in [2.75, 3.05) is 6.54 Å². The smallest absolute Gasteiger partial charge is 0.137 e. The van der Waals surface area contributed by atoms with Crippen LogP contribution in [-0.2, 0) is 6.42 Å². The number of benzene rings is 1. The average molecular weight is 314 g/mol. The fraction of sp³-hybridized carbons (Fsp3) is 0.600. The Hall–Kier alpha value is -0.410. The van der Waals surface area contributed by atoms with Crippen LogP contribution in [0.5, 0.6) is 0 Å². The molecule has 1 aromatic rings. The summed E-state index contributed by atoms with van der Waals surface area (Å²) in [4.78, 5) is 0. The van der Waals surface area contributed by atoms with Crippen molar-refractivity contribution in [3.63, 3.8) is 0 Å². The van der Waals surface area contributed by atoms with E-state index in [0.717, 1.165) is 18.9 Å². The molecule has 3 atom stereocenters. The average Bonchev–Trinajstić information content (AvgIpc) is 2.34. The van der Waals surface area contributed by atoms with E-state index in [2.05, 4.69) is 22.9 Å². The molecule has 18 heavy (non-hydrogen) atoms. The van der Waals surface area contributed by atoms with Crippen LogP contribution < -0.4 is 5.73 Å². The Kier molecular flexibility index (Phi) is 4.79. The van der Waals surface area contributed by atoms with Gasteiger partial charge in [-0.1, -0.05) is 19.4 Å². The highest BCUT2D eigenvalue weighted by molar-refractivity contribution is 9.10. The summed E-state index contributed by atoms with van der Waals surface area (Å²) >= 11 is 3.26. The zero-order chi connectivity index (χ0) is 13.1. The lowest BCUT2D eigenvalue weighted by Gasteiger charge is -2.34. The van der Waals surface area contributed by atoms with Gasteiger partial charge in [-0.25, -0.2) is 4.39 Å². The fourth-order valence-electron chi connectivity index (χ4n) is 3.09. The lowest BCUT2D eigenvalue weighted by atomic mass is 9.72. The molecule has 0 heterocycles. The van der Waals surface area contributed by atoms with Crippen molar-refractivity contribution in [3.05, 3.63) is 34.1 Å². The van der Waals surface area contributed by atoms with Crippen molar-refractivity contribution < 1.29 is 4.39 Å². The maximum Gasteiger partial charge on any atom is 0.137 e. The van der Waals surface area contributed by atoms with Gasteiger partial charge in [0.2, 0.25) is 0 Å². The predicted molar refractivity (Wildman–Crippen MR) is 76.9 cm³/mol. The summed E-state index contributed by atoms with van der Waals surface area (Å²) in [5, 5.41) is 0. The first-order chi connectivity index (χ1) is 8.60. The van der Waals surface area contributed by atoms with Crippen LogP contribution in [0.25, 0.3) is 0 Å². The zero-order valence-electron chi connectivity index (χ0n) is 10.8. The number of hydrogen-bond acceptors (Lipinski definition) is 1. The molecule has 3 heteroatoms. The highest BCUT2D eigenvalue weighted by Gasteiger charge is 2.27. The summed E-state index contributed by atoms with van der Waals surface area (Å²) in [6.45, 7) is 3.10. The minimum absolute atomic E-state index is 0.189. The minimum atomic E-state index is -0.189. The topological polar surface area (TPSA) is 26.0 Å². The second-order valence-electron chi connectivity index (χ2n) is 5.63. The van der Waals surface area contributed by atoms with Crippen LogP contribution in [0.1, 0.15) is 31.7 Å². The van der Waals surface area contributed by atoms with Crippen LogP contribution in [0.2, 0.25) is 0 Å². The number of rotatable bonds is 3. The molecule has 0 spiro atoms. The first kappa shape index (κ1) is 14.0. The van der Waals surface area contributed by atoms with E-state index in [1.54, 1.807) is 6.07 Å². The maximum absolute atomic E-state index is 13.2. The highest BCUT2D eigenvalue weighted by Crippen LogP contribution is 2.35. The summed E-state index contributed by atoms with van der Waals surface area (Å²) in [5.41, 5.74) is 7.09. The first-order valence-corrected chi connectivity index (χ1v) is 7.53. The molecule has 1 nitrogen and oxygen atoms in total. The van der Waals surface area contributed by atoms with Crippen LogP contribution in [0.3, 0.4) is 0 Å². The third-order valence-corrected chi connectivity index (χ3v) is 4.79.